The van der Waals surface area contributed by atoms with Crippen molar-refractivity contribution in [1.82, 2.24) is 0 Å². The predicted molar refractivity (Wildman–Crippen MR) is 80.3 cm³/mol. The molecule has 0 aromatic heterocycles. The second-order valence-corrected chi connectivity index (χ2v) is 4.66. The van der Waals surface area contributed by atoms with E-state index < -0.39 is 17.9 Å². The van der Waals surface area contributed by atoms with E-state index in [-0.39, 0.29) is 13.0 Å². The van der Waals surface area contributed by atoms with Crippen LogP contribution in [0.25, 0.3) is 0 Å². The maximum atomic E-state index is 11.8. The van der Waals surface area contributed by atoms with Crippen LogP contribution >= 0.6 is 0 Å². The lowest BCUT2D eigenvalue weighted by Crippen LogP contribution is -2.21. The highest BCUT2D eigenvalue weighted by Crippen LogP contribution is 2.15. The third-order valence-corrected chi connectivity index (χ3v) is 2.91. The lowest BCUT2D eigenvalue weighted by molar-refractivity contribution is -0.161. The molecule has 0 aliphatic heterocycles. The number of carbonyl (C=O) groups is 2. The minimum atomic E-state index is -0.571. The van der Waals surface area contributed by atoms with Crippen molar-refractivity contribution in [2.24, 2.45) is 10.9 Å². The van der Waals surface area contributed by atoms with Gasteiger partial charge in [-0.3, -0.25) is 14.6 Å². The van der Waals surface area contributed by atoms with Gasteiger partial charge >= 0.3 is 11.9 Å². The number of rotatable bonds is 7. The largest absolute Gasteiger partial charge is 0.393 e. The van der Waals surface area contributed by atoms with Crippen molar-refractivity contribution < 1.29 is 19.4 Å². The van der Waals surface area contributed by atoms with Crippen molar-refractivity contribution in [3.63, 3.8) is 0 Å². The molecular formula is C16H21NO4. The molecule has 0 spiro atoms. The Morgan fingerprint density at radius 1 is 1.38 bits per heavy atom. The average Bonchev–Trinajstić information content (AvgIpc) is 2.48. The monoisotopic (exact) mass is 291 g/mol. The van der Waals surface area contributed by atoms with Gasteiger partial charge in [0.1, 0.15) is 0 Å². The van der Waals surface area contributed by atoms with Gasteiger partial charge in [0.2, 0.25) is 0 Å². The van der Waals surface area contributed by atoms with Crippen LogP contribution in [0, 0.1) is 5.92 Å². The number of esters is 2. The summed E-state index contributed by atoms with van der Waals surface area (Å²) in [5.74, 6) is -1.63. The highest BCUT2D eigenvalue weighted by atomic mass is 16.6. The third-order valence-electron chi connectivity index (χ3n) is 2.91. The summed E-state index contributed by atoms with van der Waals surface area (Å²) >= 11 is 0. The average molecular weight is 291 g/mol. The first-order valence-corrected chi connectivity index (χ1v) is 7.09. The number of hydrogen-bond donors (Lipinski definition) is 1. The fourth-order valence-corrected chi connectivity index (χ4v) is 1.69. The Labute approximate surface area is 124 Å². The Kier molecular flexibility index (Phi) is 7.32. The molecule has 1 rings (SSSR count). The fraction of sp³-hybridized carbons (Fsp3) is 0.438. The van der Waals surface area contributed by atoms with Crippen LogP contribution in [0.3, 0.4) is 0 Å². The Balaban J connectivity index is 2.69. The second-order valence-electron chi connectivity index (χ2n) is 4.66. The standard InChI is InChI=1S/C16H21NO4/c1-3-6-15(19)21-16(20)13(4-2)10-17-14-8-5-7-12(9-14)11-18/h5,7-10,13,18H,3-4,6,11H2,1-2H3. The molecule has 5 nitrogen and oxygen atoms in total. The van der Waals surface area contributed by atoms with Gasteiger partial charge in [0.15, 0.2) is 0 Å². The number of hydrogen-bond acceptors (Lipinski definition) is 5. The lowest BCUT2D eigenvalue weighted by Gasteiger charge is -2.08. The van der Waals surface area contributed by atoms with Crippen LogP contribution in [0.2, 0.25) is 0 Å². The van der Waals surface area contributed by atoms with Crippen LogP contribution in [0.1, 0.15) is 38.7 Å². The Morgan fingerprint density at radius 2 is 2.14 bits per heavy atom. The second kappa shape index (κ2) is 9.02. The van der Waals surface area contributed by atoms with E-state index >= 15 is 0 Å². The molecule has 0 amide bonds. The molecule has 1 atom stereocenters. The normalized spacial score (nSPS) is 12.3. The van der Waals surface area contributed by atoms with Crippen molar-refractivity contribution in [1.29, 1.82) is 0 Å². The van der Waals surface area contributed by atoms with Gasteiger partial charge < -0.3 is 9.84 Å². The van der Waals surface area contributed by atoms with E-state index in [0.717, 1.165) is 5.56 Å². The van der Waals surface area contributed by atoms with Crippen LogP contribution in [-0.2, 0) is 20.9 Å². The van der Waals surface area contributed by atoms with Gasteiger partial charge in [-0.2, -0.15) is 0 Å². The van der Waals surface area contributed by atoms with E-state index in [1.54, 1.807) is 24.3 Å². The smallest absolute Gasteiger partial charge is 0.322 e. The summed E-state index contributed by atoms with van der Waals surface area (Å²) < 4.78 is 4.77. The molecule has 0 bridgehead atoms. The highest BCUT2D eigenvalue weighted by molar-refractivity contribution is 5.96. The van der Waals surface area contributed by atoms with Gasteiger partial charge in [-0.25, -0.2) is 0 Å². The zero-order valence-electron chi connectivity index (χ0n) is 12.4. The minimum absolute atomic E-state index is 0.0614. The topological polar surface area (TPSA) is 76.0 Å². The molecule has 0 heterocycles. The number of aliphatic hydroxyl groups excluding tert-OH is 1. The van der Waals surface area contributed by atoms with Crippen molar-refractivity contribution in [3.8, 4) is 0 Å². The van der Waals surface area contributed by atoms with Gasteiger partial charge in [0, 0.05) is 12.6 Å². The minimum Gasteiger partial charge on any atom is -0.393 e. The highest BCUT2D eigenvalue weighted by Gasteiger charge is 2.18. The maximum Gasteiger partial charge on any atom is 0.322 e. The maximum absolute atomic E-state index is 11.8. The molecule has 0 fully saturated rings. The molecule has 21 heavy (non-hydrogen) atoms. The fourth-order valence-electron chi connectivity index (χ4n) is 1.69. The molecule has 0 aliphatic rings. The van der Waals surface area contributed by atoms with E-state index in [2.05, 4.69) is 4.99 Å². The first kappa shape index (κ1) is 17.0. The van der Waals surface area contributed by atoms with E-state index in [0.29, 0.717) is 18.5 Å². The van der Waals surface area contributed by atoms with Crippen LogP contribution in [0.5, 0.6) is 0 Å². The molecule has 0 saturated heterocycles. The summed E-state index contributed by atoms with van der Waals surface area (Å²) in [6.07, 6.45) is 2.86. The van der Waals surface area contributed by atoms with E-state index in [1.165, 1.54) is 6.21 Å². The third kappa shape index (κ3) is 5.87. The SMILES string of the molecule is CCCC(=O)OC(=O)C(C=Nc1cccc(CO)c1)CC. The summed E-state index contributed by atoms with van der Waals surface area (Å²) in [6, 6.07) is 7.07. The molecule has 1 N–H and O–H groups in total. The van der Waals surface area contributed by atoms with Crippen molar-refractivity contribution >= 4 is 23.8 Å². The van der Waals surface area contributed by atoms with Crippen molar-refractivity contribution in [2.75, 3.05) is 0 Å². The first-order valence-electron chi connectivity index (χ1n) is 7.09. The number of aliphatic imine (C=N–C) groups is 1. The van der Waals surface area contributed by atoms with Crippen LogP contribution in [-0.4, -0.2) is 23.3 Å². The van der Waals surface area contributed by atoms with Crippen molar-refractivity contribution in [2.45, 2.75) is 39.7 Å². The quantitative estimate of drug-likeness (QED) is 0.476. The number of ether oxygens (including phenoxy) is 1. The summed E-state index contributed by atoms with van der Waals surface area (Å²) in [5, 5.41) is 9.06. The van der Waals surface area contributed by atoms with Gasteiger partial charge in [0.05, 0.1) is 18.2 Å². The van der Waals surface area contributed by atoms with Gasteiger partial charge in [0.25, 0.3) is 0 Å². The Hall–Kier alpha value is -2.01. The van der Waals surface area contributed by atoms with Crippen molar-refractivity contribution in [3.05, 3.63) is 29.8 Å². The zero-order chi connectivity index (χ0) is 15.7. The number of aliphatic hydroxyl groups is 1. The predicted octanol–water partition coefficient (Wildman–Crippen LogP) is 2.78. The van der Waals surface area contributed by atoms with E-state index in [4.69, 9.17) is 9.84 Å². The van der Waals surface area contributed by atoms with Crippen LogP contribution < -0.4 is 0 Å². The summed E-state index contributed by atoms with van der Waals surface area (Å²) in [6.45, 7) is 3.61. The first-order chi connectivity index (χ1) is 10.1. The lowest BCUT2D eigenvalue weighted by atomic mass is 10.1. The molecule has 1 aromatic carbocycles. The summed E-state index contributed by atoms with van der Waals surface area (Å²) in [7, 11) is 0. The summed E-state index contributed by atoms with van der Waals surface area (Å²) in [5.41, 5.74) is 1.39. The zero-order valence-corrected chi connectivity index (χ0v) is 12.4. The van der Waals surface area contributed by atoms with E-state index in [9.17, 15) is 9.59 Å². The molecule has 114 valence electrons. The molecular weight excluding hydrogens is 270 g/mol. The molecule has 1 unspecified atom stereocenters. The molecule has 1 aromatic rings. The van der Waals surface area contributed by atoms with Crippen LogP contribution in [0.4, 0.5) is 5.69 Å². The Bertz CT molecular complexity index is 511. The number of carbonyl (C=O) groups excluding carboxylic acids is 2. The Morgan fingerprint density at radius 3 is 2.76 bits per heavy atom. The number of benzene rings is 1. The molecule has 0 saturated carbocycles. The molecule has 5 heteroatoms. The van der Waals surface area contributed by atoms with Gasteiger partial charge in [-0.1, -0.05) is 26.0 Å². The summed E-state index contributed by atoms with van der Waals surface area (Å²) in [4.78, 5) is 27.4. The van der Waals surface area contributed by atoms with Gasteiger partial charge in [-0.05, 0) is 30.5 Å². The molecule has 0 aliphatic carbocycles. The van der Waals surface area contributed by atoms with Crippen LogP contribution in [0.15, 0.2) is 29.3 Å². The molecule has 0 radical (unpaired) electrons. The van der Waals surface area contributed by atoms with E-state index in [1.807, 2.05) is 13.8 Å². The number of nitrogens with zero attached hydrogens (tertiary/aromatic N) is 1. The van der Waals surface area contributed by atoms with Gasteiger partial charge in [-0.15, -0.1) is 0 Å².